The molecule has 7 nitrogen and oxygen atoms in total. The molecule has 0 bridgehead atoms. The van der Waals surface area contributed by atoms with Gasteiger partial charge in [-0.2, -0.15) is 0 Å². The van der Waals surface area contributed by atoms with E-state index in [0.717, 1.165) is 45.2 Å². The lowest BCUT2D eigenvalue weighted by Gasteiger charge is -2.42. The van der Waals surface area contributed by atoms with Gasteiger partial charge in [0.15, 0.2) is 0 Å². The molecule has 2 fully saturated rings. The van der Waals surface area contributed by atoms with Crippen LogP contribution in [-0.4, -0.2) is 63.5 Å². The highest BCUT2D eigenvalue weighted by molar-refractivity contribution is 7.88. The zero-order valence-corrected chi connectivity index (χ0v) is 15.8. The Hall–Kier alpha value is -0.860. The number of hydrogen-bond donors (Lipinski definition) is 2. The number of rotatable bonds is 5. The van der Waals surface area contributed by atoms with E-state index >= 15 is 0 Å². The summed E-state index contributed by atoms with van der Waals surface area (Å²) in [4.78, 5) is 14.2. The summed E-state index contributed by atoms with van der Waals surface area (Å²) in [5, 5.41) is 3.39. The second-order valence-electron chi connectivity index (χ2n) is 7.28. The van der Waals surface area contributed by atoms with Gasteiger partial charge in [-0.25, -0.2) is 17.9 Å². The Labute approximate surface area is 145 Å². The fourth-order valence-electron chi connectivity index (χ4n) is 3.72. The van der Waals surface area contributed by atoms with Crippen LogP contribution in [0.25, 0.3) is 0 Å². The fourth-order valence-corrected chi connectivity index (χ4v) is 4.55. The van der Waals surface area contributed by atoms with Crippen molar-refractivity contribution in [2.24, 2.45) is 5.92 Å². The van der Waals surface area contributed by atoms with E-state index < -0.39 is 10.0 Å². The van der Waals surface area contributed by atoms with Gasteiger partial charge >= 0.3 is 6.09 Å². The molecule has 2 heterocycles. The summed E-state index contributed by atoms with van der Waals surface area (Å²) in [6, 6.07) is -0.389. The quantitative estimate of drug-likeness (QED) is 0.771. The summed E-state index contributed by atoms with van der Waals surface area (Å²) in [7, 11) is -3.31. The number of amides is 1. The van der Waals surface area contributed by atoms with Crippen LogP contribution in [0.15, 0.2) is 0 Å². The van der Waals surface area contributed by atoms with Gasteiger partial charge in [-0.05, 0) is 65.0 Å². The Bertz CT molecular complexity index is 517. The summed E-state index contributed by atoms with van der Waals surface area (Å²) < 4.78 is 31.6. The van der Waals surface area contributed by atoms with E-state index in [2.05, 4.69) is 10.0 Å². The molecule has 2 N–H and O–H groups in total. The second kappa shape index (κ2) is 8.49. The predicted octanol–water partition coefficient (Wildman–Crippen LogP) is 1.30. The summed E-state index contributed by atoms with van der Waals surface area (Å²) in [5.74, 6) is 0.458. The van der Waals surface area contributed by atoms with E-state index in [1.165, 1.54) is 6.26 Å². The first-order chi connectivity index (χ1) is 11.3. The molecule has 2 aliphatic heterocycles. The Balaban J connectivity index is 2.14. The first-order valence-corrected chi connectivity index (χ1v) is 10.8. The van der Waals surface area contributed by atoms with Crippen molar-refractivity contribution in [1.29, 1.82) is 0 Å². The molecule has 0 saturated carbocycles. The highest BCUT2D eigenvalue weighted by atomic mass is 32.2. The van der Waals surface area contributed by atoms with Crippen molar-refractivity contribution in [3.63, 3.8) is 0 Å². The van der Waals surface area contributed by atoms with Crippen LogP contribution in [0.4, 0.5) is 4.79 Å². The molecule has 140 valence electrons. The Morgan fingerprint density at radius 2 is 2.08 bits per heavy atom. The minimum atomic E-state index is -3.31. The average molecular weight is 362 g/mol. The SMILES string of the molecule is CC(C)OC(=O)N1CCCC(NS(C)(=O)=O)C1CC1CCCNC1. The largest absolute Gasteiger partial charge is 0.447 e. The minimum absolute atomic E-state index is 0.148. The van der Waals surface area contributed by atoms with Crippen LogP contribution in [0, 0.1) is 5.92 Å². The topological polar surface area (TPSA) is 87.7 Å². The van der Waals surface area contributed by atoms with Gasteiger partial charge < -0.3 is 15.0 Å². The third kappa shape index (κ3) is 5.89. The molecule has 0 aromatic heterocycles. The molecule has 2 aliphatic rings. The third-order valence-electron chi connectivity index (χ3n) is 4.69. The number of carbonyl (C=O) groups excluding carboxylic acids is 1. The highest BCUT2D eigenvalue weighted by Crippen LogP contribution is 2.27. The number of nitrogens with one attached hydrogen (secondary N) is 2. The van der Waals surface area contributed by atoms with Gasteiger partial charge in [-0.15, -0.1) is 0 Å². The van der Waals surface area contributed by atoms with Crippen LogP contribution in [0.1, 0.15) is 46.0 Å². The number of sulfonamides is 1. The van der Waals surface area contributed by atoms with Gasteiger partial charge in [-0.3, -0.25) is 0 Å². The third-order valence-corrected chi connectivity index (χ3v) is 5.42. The van der Waals surface area contributed by atoms with Crippen LogP contribution in [0.5, 0.6) is 0 Å². The van der Waals surface area contributed by atoms with E-state index in [9.17, 15) is 13.2 Å². The number of nitrogens with zero attached hydrogens (tertiary/aromatic N) is 1. The number of piperidine rings is 2. The number of ether oxygens (including phenoxy) is 1. The van der Waals surface area contributed by atoms with E-state index in [-0.39, 0.29) is 24.3 Å². The van der Waals surface area contributed by atoms with Gasteiger partial charge in [0.05, 0.1) is 18.4 Å². The maximum Gasteiger partial charge on any atom is 0.410 e. The van der Waals surface area contributed by atoms with Crippen molar-refractivity contribution in [2.75, 3.05) is 25.9 Å². The van der Waals surface area contributed by atoms with E-state index in [0.29, 0.717) is 12.5 Å². The van der Waals surface area contributed by atoms with Crippen LogP contribution < -0.4 is 10.0 Å². The molecule has 8 heteroatoms. The Kier molecular flexibility index (Phi) is 6.88. The van der Waals surface area contributed by atoms with Gasteiger partial charge in [0.25, 0.3) is 0 Å². The molecule has 1 amide bonds. The molecule has 0 aromatic carbocycles. The molecule has 2 rings (SSSR count). The smallest absolute Gasteiger partial charge is 0.410 e. The number of hydrogen-bond acceptors (Lipinski definition) is 5. The van der Waals surface area contributed by atoms with Crippen molar-refractivity contribution in [1.82, 2.24) is 14.9 Å². The van der Waals surface area contributed by atoms with Gasteiger partial charge in [0, 0.05) is 12.6 Å². The molecule has 2 saturated heterocycles. The first kappa shape index (κ1) is 19.5. The highest BCUT2D eigenvalue weighted by Gasteiger charge is 2.38. The molecule has 3 atom stereocenters. The lowest BCUT2D eigenvalue weighted by molar-refractivity contribution is 0.0388. The van der Waals surface area contributed by atoms with Crippen molar-refractivity contribution in [3.8, 4) is 0 Å². The van der Waals surface area contributed by atoms with Crippen molar-refractivity contribution in [3.05, 3.63) is 0 Å². The zero-order chi connectivity index (χ0) is 17.7. The minimum Gasteiger partial charge on any atom is -0.447 e. The predicted molar refractivity (Wildman–Crippen MR) is 93.3 cm³/mol. The van der Waals surface area contributed by atoms with E-state index in [1.807, 2.05) is 13.8 Å². The van der Waals surface area contributed by atoms with Crippen molar-refractivity contribution < 1.29 is 17.9 Å². The number of carbonyl (C=O) groups is 1. The van der Waals surface area contributed by atoms with E-state index in [1.54, 1.807) is 4.90 Å². The molecular weight excluding hydrogens is 330 g/mol. The summed E-state index contributed by atoms with van der Waals surface area (Å²) >= 11 is 0. The van der Waals surface area contributed by atoms with Gasteiger partial charge in [-0.1, -0.05) is 0 Å². The fraction of sp³-hybridized carbons (Fsp3) is 0.938. The van der Waals surface area contributed by atoms with Crippen LogP contribution >= 0.6 is 0 Å². The van der Waals surface area contributed by atoms with Crippen molar-refractivity contribution >= 4 is 16.1 Å². The van der Waals surface area contributed by atoms with Crippen LogP contribution in [0.2, 0.25) is 0 Å². The number of likely N-dealkylation sites (tertiary alicyclic amines) is 1. The lowest BCUT2D eigenvalue weighted by Crippen LogP contribution is -2.58. The molecule has 0 radical (unpaired) electrons. The van der Waals surface area contributed by atoms with Crippen LogP contribution in [-0.2, 0) is 14.8 Å². The maximum absolute atomic E-state index is 12.5. The molecule has 0 aromatic rings. The second-order valence-corrected chi connectivity index (χ2v) is 9.06. The maximum atomic E-state index is 12.5. The average Bonchev–Trinajstić information content (AvgIpc) is 2.48. The standard InChI is InChI=1S/C16H31N3O4S/c1-12(2)23-16(20)19-9-5-7-14(18-24(3,21)22)15(19)10-13-6-4-8-17-11-13/h12-15,17-18H,4-11H2,1-3H3. The van der Waals surface area contributed by atoms with E-state index in [4.69, 9.17) is 4.74 Å². The van der Waals surface area contributed by atoms with Gasteiger partial charge in [0.1, 0.15) is 0 Å². The first-order valence-electron chi connectivity index (χ1n) is 8.91. The lowest BCUT2D eigenvalue weighted by atomic mass is 9.86. The zero-order valence-electron chi connectivity index (χ0n) is 15.0. The van der Waals surface area contributed by atoms with Gasteiger partial charge in [0.2, 0.25) is 10.0 Å². The molecule has 0 spiro atoms. The molecule has 0 aliphatic carbocycles. The summed E-state index contributed by atoms with van der Waals surface area (Å²) in [5.41, 5.74) is 0. The normalized spacial score (nSPS) is 28.8. The Morgan fingerprint density at radius 1 is 1.33 bits per heavy atom. The van der Waals surface area contributed by atoms with Crippen molar-refractivity contribution in [2.45, 2.75) is 64.1 Å². The molecule has 3 unspecified atom stereocenters. The molecular formula is C16H31N3O4S. The molecule has 24 heavy (non-hydrogen) atoms. The monoisotopic (exact) mass is 361 g/mol. The Morgan fingerprint density at radius 3 is 2.67 bits per heavy atom. The van der Waals surface area contributed by atoms with Crippen LogP contribution in [0.3, 0.4) is 0 Å². The summed E-state index contributed by atoms with van der Waals surface area (Å²) in [6.07, 6.45) is 5.23. The summed E-state index contributed by atoms with van der Waals surface area (Å²) in [6.45, 7) is 6.24.